The second kappa shape index (κ2) is 8.22. The van der Waals surface area contributed by atoms with Gasteiger partial charge in [-0.15, -0.1) is 0 Å². The largest absolute Gasteiger partial charge is 0.477 e. The highest BCUT2D eigenvalue weighted by molar-refractivity contribution is 6.32. The lowest BCUT2D eigenvalue weighted by atomic mass is 10.2. The van der Waals surface area contributed by atoms with Gasteiger partial charge in [0.25, 0.3) is 0 Å². The summed E-state index contributed by atoms with van der Waals surface area (Å²) in [7, 11) is 1.76. The van der Waals surface area contributed by atoms with Crippen molar-refractivity contribution in [2.24, 2.45) is 7.05 Å². The highest BCUT2D eigenvalue weighted by Gasteiger charge is 2.20. The molecule has 0 spiro atoms. The number of carbonyl (C=O) groups is 1. The van der Waals surface area contributed by atoms with Gasteiger partial charge in [0.2, 0.25) is 0 Å². The number of hydrogen-bond acceptors (Lipinski definition) is 3. The van der Waals surface area contributed by atoms with Crippen LogP contribution in [0.1, 0.15) is 23.0 Å². The van der Waals surface area contributed by atoms with Crippen LogP contribution in [0, 0.1) is 0 Å². The van der Waals surface area contributed by atoms with E-state index in [-0.39, 0.29) is 0 Å². The van der Waals surface area contributed by atoms with Crippen LogP contribution in [0.5, 0.6) is 0 Å². The normalized spacial score (nSPS) is 17.2. The topological polar surface area (TPSA) is 48.7 Å². The van der Waals surface area contributed by atoms with Crippen LogP contribution in [-0.4, -0.2) is 51.6 Å². The molecule has 0 radical (unpaired) electrons. The summed E-state index contributed by atoms with van der Waals surface area (Å²) in [5.41, 5.74) is 2.38. The zero-order valence-electron chi connectivity index (χ0n) is 14.2. The first-order valence-corrected chi connectivity index (χ1v) is 8.34. The summed E-state index contributed by atoms with van der Waals surface area (Å²) in [6.07, 6.45) is 7.41. The van der Waals surface area contributed by atoms with Crippen molar-refractivity contribution in [2.45, 2.75) is 13.5 Å². The van der Waals surface area contributed by atoms with Crippen LogP contribution in [0.25, 0.3) is 0 Å². The molecule has 1 fully saturated rings. The lowest BCUT2D eigenvalue weighted by Crippen LogP contribution is -2.45. The Kier molecular flexibility index (Phi) is 6.29. The summed E-state index contributed by atoms with van der Waals surface area (Å²) in [5.74, 6) is -0.894. The molecule has 1 aromatic heterocycles. The maximum Gasteiger partial charge on any atom is 0.352 e. The maximum atomic E-state index is 11.1. The van der Waals surface area contributed by atoms with Crippen LogP contribution in [0.15, 0.2) is 47.8 Å². The van der Waals surface area contributed by atoms with Crippen molar-refractivity contribution in [3.8, 4) is 0 Å². The minimum atomic E-state index is -0.894. The molecule has 130 valence electrons. The first-order chi connectivity index (χ1) is 11.5. The van der Waals surface area contributed by atoms with E-state index in [0.29, 0.717) is 10.7 Å². The maximum absolute atomic E-state index is 11.1. The van der Waals surface area contributed by atoms with Crippen molar-refractivity contribution in [1.82, 2.24) is 14.4 Å². The van der Waals surface area contributed by atoms with Gasteiger partial charge in [0.05, 0.1) is 10.7 Å². The van der Waals surface area contributed by atoms with E-state index in [4.69, 9.17) is 16.7 Å². The van der Waals surface area contributed by atoms with Gasteiger partial charge in [-0.3, -0.25) is 4.90 Å². The van der Waals surface area contributed by atoms with Gasteiger partial charge in [-0.25, -0.2) is 4.79 Å². The summed E-state index contributed by atoms with van der Waals surface area (Å²) in [4.78, 5) is 15.7. The first kappa shape index (κ1) is 18.4. The predicted molar refractivity (Wildman–Crippen MR) is 97.1 cm³/mol. The summed E-state index contributed by atoms with van der Waals surface area (Å²) < 4.78 is 1.66. The molecule has 6 heteroatoms. The monoisotopic (exact) mass is 349 g/mol. The van der Waals surface area contributed by atoms with E-state index >= 15 is 0 Å². The van der Waals surface area contributed by atoms with Gasteiger partial charge in [-0.05, 0) is 24.6 Å². The number of allylic oxidation sites excluding steroid dienone is 4. The van der Waals surface area contributed by atoms with E-state index in [1.807, 2.05) is 19.2 Å². The molecular weight excluding hydrogens is 326 g/mol. The molecule has 1 aliphatic rings. The van der Waals surface area contributed by atoms with E-state index in [9.17, 15) is 4.79 Å². The van der Waals surface area contributed by atoms with Crippen LogP contribution in [0.3, 0.4) is 0 Å². The van der Waals surface area contributed by atoms with Gasteiger partial charge in [-0.1, -0.05) is 30.3 Å². The fraction of sp³-hybridized carbons (Fsp3) is 0.389. The molecule has 0 saturated carbocycles. The first-order valence-electron chi connectivity index (χ1n) is 7.97. The van der Waals surface area contributed by atoms with Crippen molar-refractivity contribution in [2.75, 3.05) is 26.2 Å². The molecule has 1 N–H and O–H groups in total. The molecule has 0 aromatic carbocycles. The molecule has 2 rings (SSSR count). The molecule has 1 aromatic rings. The molecule has 24 heavy (non-hydrogen) atoms. The molecular formula is C18H24ClN3O2. The van der Waals surface area contributed by atoms with Crippen molar-refractivity contribution in [3.63, 3.8) is 0 Å². The third kappa shape index (κ3) is 4.30. The van der Waals surface area contributed by atoms with Crippen molar-refractivity contribution >= 4 is 17.6 Å². The molecule has 0 aliphatic carbocycles. The SMILES string of the molecule is C=C/C=C(Cl)\C(=C/C)N1CCN(Cc2cc(C(=O)O)n(C)c2)CC1. The van der Waals surface area contributed by atoms with E-state index in [0.717, 1.165) is 44.0 Å². The highest BCUT2D eigenvalue weighted by atomic mass is 35.5. The number of carboxylic acid groups (broad SMARTS) is 1. The van der Waals surface area contributed by atoms with E-state index in [2.05, 4.69) is 16.4 Å². The van der Waals surface area contributed by atoms with Gasteiger partial charge in [-0.2, -0.15) is 0 Å². The van der Waals surface area contributed by atoms with Crippen LogP contribution in [0.2, 0.25) is 0 Å². The van der Waals surface area contributed by atoms with Crippen molar-refractivity contribution in [3.05, 3.63) is 59.1 Å². The number of hydrogen-bond donors (Lipinski definition) is 1. The Balaban J connectivity index is 1.95. The van der Waals surface area contributed by atoms with Gasteiger partial charge in [0.15, 0.2) is 0 Å². The summed E-state index contributed by atoms with van der Waals surface area (Å²) in [6.45, 7) is 10.0. The van der Waals surface area contributed by atoms with Gasteiger partial charge < -0.3 is 14.6 Å². The third-order valence-corrected chi connectivity index (χ3v) is 4.50. The summed E-state index contributed by atoms with van der Waals surface area (Å²) in [6, 6.07) is 1.75. The van der Waals surface area contributed by atoms with Crippen LogP contribution in [0.4, 0.5) is 0 Å². The number of aromatic nitrogens is 1. The Morgan fingerprint density at radius 2 is 2.04 bits per heavy atom. The third-order valence-electron chi connectivity index (χ3n) is 4.18. The number of aromatic carboxylic acids is 1. The van der Waals surface area contributed by atoms with Crippen LogP contribution < -0.4 is 0 Å². The molecule has 0 unspecified atom stereocenters. The summed E-state index contributed by atoms with van der Waals surface area (Å²) >= 11 is 6.30. The van der Waals surface area contributed by atoms with Gasteiger partial charge in [0.1, 0.15) is 5.69 Å². The number of aryl methyl sites for hydroxylation is 1. The number of nitrogens with zero attached hydrogens (tertiary/aromatic N) is 3. The van der Waals surface area contributed by atoms with Gasteiger partial charge in [0, 0.05) is 46.0 Å². The van der Waals surface area contributed by atoms with Crippen LogP contribution >= 0.6 is 11.6 Å². The average molecular weight is 350 g/mol. The molecule has 0 atom stereocenters. The Hall–Kier alpha value is -1.98. The average Bonchev–Trinajstić information content (AvgIpc) is 2.91. The molecule has 0 amide bonds. The Morgan fingerprint density at radius 1 is 1.38 bits per heavy atom. The second-order valence-electron chi connectivity index (χ2n) is 5.84. The standard InChI is InChI=1S/C18H24ClN3O2/c1-4-6-15(19)16(5-2)22-9-7-21(8-10-22)13-14-11-17(18(23)24)20(3)12-14/h4-6,11-12H,1,7-10,13H2,2-3H3,(H,23,24)/b15-6+,16-5+. The lowest BCUT2D eigenvalue weighted by molar-refractivity contribution is 0.0686. The van der Waals surface area contributed by atoms with E-state index < -0.39 is 5.97 Å². The smallest absolute Gasteiger partial charge is 0.352 e. The summed E-state index contributed by atoms with van der Waals surface area (Å²) in [5, 5.41) is 9.84. The van der Waals surface area contributed by atoms with Gasteiger partial charge >= 0.3 is 5.97 Å². The Morgan fingerprint density at radius 3 is 2.54 bits per heavy atom. The minimum Gasteiger partial charge on any atom is -0.477 e. The van der Waals surface area contributed by atoms with E-state index in [1.54, 1.807) is 29.8 Å². The number of carboxylic acids is 1. The Bertz CT molecular complexity index is 668. The molecule has 0 bridgehead atoms. The fourth-order valence-electron chi connectivity index (χ4n) is 3.00. The predicted octanol–water partition coefficient (Wildman–Crippen LogP) is 3.05. The van der Waals surface area contributed by atoms with Crippen LogP contribution in [-0.2, 0) is 13.6 Å². The Labute approximate surface area is 148 Å². The van der Waals surface area contributed by atoms with Crippen molar-refractivity contribution in [1.29, 1.82) is 0 Å². The minimum absolute atomic E-state index is 0.321. The quantitative estimate of drug-likeness (QED) is 0.802. The fourth-order valence-corrected chi connectivity index (χ4v) is 3.32. The molecule has 5 nitrogen and oxygen atoms in total. The van der Waals surface area contributed by atoms with Crippen molar-refractivity contribution < 1.29 is 9.90 Å². The lowest BCUT2D eigenvalue weighted by Gasteiger charge is -2.37. The molecule has 2 heterocycles. The zero-order valence-corrected chi connectivity index (χ0v) is 15.0. The molecule has 1 saturated heterocycles. The second-order valence-corrected chi connectivity index (χ2v) is 6.24. The zero-order chi connectivity index (χ0) is 17.7. The number of halogens is 1. The number of rotatable bonds is 6. The highest BCUT2D eigenvalue weighted by Crippen LogP contribution is 2.22. The van der Waals surface area contributed by atoms with E-state index in [1.165, 1.54) is 0 Å². The molecule has 1 aliphatic heterocycles. The number of piperazine rings is 1.